The summed E-state index contributed by atoms with van der Waals surface area (Å²) in [5.74, 6) is -0.539. The van der Waals surface area contributed by atoms with Crippen molar-refractivity contribution in [3.8, 4) is 0 Å². The predicted molar refractivity (Wildman–Crippen MR) is 142 cm³/mol. The lowest BCUT2D eigenvalue weighted by atomic mass is 10.0. The van der Waals surface area contributed by atoms with Crippen molar-refractivity contribution in [3.05, 3.63) is 72.9 Å². The Morgan fingerprint density at radius 2 is 1.95 bits per heavy atom. The van der Waals surface area contributed by atoms with Gasteiger partial charge in [0.15, 0.2) is 0 Å². The number of aryl methyl sites for hydroxylation is 1. The van der Waals surface area contributed by atoms with Crippen LogP contribution in [0.25, 0.3) is 10.2 Å². The third kappa shape index (κ3) is 5.21. The molecule has 1 fully saturated rings. The van der Waals surface area contributed by atoms with Crippen molar-refractivity contribution in [1.29, 1.82) is 5.41 Å². The highest BCUT2D eigenvalue weighted by Gasteiger charge is 2.33. The van der Waals surface area contributed by atoms with Crippen LogP contribution in [-0.2, 0) is 24.9 Å². The fourth-order valence-corrected chi connectivity index (χ4v) is 5.81. The van der Waals surface area contributed by atoms with Gasteiger partial charge < -0.3 is 10.5 Å². The van der Waals surface area contributed by atoms with Gasteiger partial charge in [-0.2, -0.15) is 0 Å². The van der Waals surface area contributed by atoms with Gasteiger partial charge in [0.05, 0.1) is 17.5 Å². The van der Waals surface area contributed by atoms with E-state index in [1.807, 2.05) is 49.5 Å². The number of nitrogens with one attached hydrogen (secondary N) is 1. The Bertz CT molecular complexity index is 1500. The Balaban J connectivity index is 1.93. The quantitative estimate of drug-likeness (QED) is 0.303. The molecule has 3 heterocycles. The van der Waals surface area contributed by atoms with E-state index in [0.717, 1.165) is 21.0 Å². The summed E-state index contributed by atoms with van der Waals surface area (Å²) in [5.41, 5.74) is 2.07. The molecule has 4 rings (SSSR count). The molecule has 0 radical (unpaired) electrons. The third-order valence-electron chi connectivity index (χ3n) is 6.38. The molecule has 1 aliphatic rings. The number of nitrogens with two attached hydrogens (primary N) is 1. The van der Waals surface area contributed by atoms with Crippen LogP contribution in [-0.4, -0.2) is 50.2 Å². The van der Waals surface area contributed by atoms with Gasteiger partial charge in [0.25, 0.3) is 11.5 Å². The fraction of sp³-hybridized carbons (Fsp3) is 0.385. The van der Waals surface area contributed by atoms with Crippen molar-refractivity contribution in [2.24, 2.45) is 7.05 Å². The topological polar surface area (TPSA) is 134 Å². The molecule has 10 nitrogen and oxygen atoms in total. The Hall–Kier alpha value is -3.38. The highest BCUT2D eigenvalue weighted by molar-refractivity contribution is 7.19. The summed E-state index contributed by atoms with van der Waals surface area (Å²) in [5, 5.41) is 21.6. The number of rotatable bonds is 8. The van der Waals surface area contributed by atoms with E-state index in [9.17, 15) is 19.5 Å². The number of amides is 1. The van der Waals surface area contributed by atoms with Gasteiger partial charge in [-0.15, -0.1) is 11.3 Å². The van der Waals surface area contributed by atoms with Gasteiger partial charge in [-0.05, 0) is 25.5 Å². The zero-order valence-corrected chi connectivity index (χ0v) is 22.2. The van der Waals surface area contributed by atoms with Gasteiger partial charge >= 0.3 is 5.69 Å². The standard InChI is InChI=1S/C26H31N5O5S/c1-5-11-30-25-22(23(33)29(4)26(30)35)21(24(34)31-13-18(32)14-36-31)20(37-25)12-19(15(2)27)16(3)28-17-9-7-6-8-10-17/h6-10,18,27-28,32H,5,11-14H2,1-4H3/p+1/b19-16-,27-15?/t18-/m0/s1. The molecule has 1 saturated heterocycles. The number of hydroxylamine groups is 2. The minimum atomic E-state index is -0.819. The number of para-hydroxylation sites is 1. The van der Waals surface area contributed by atoms with E-state index in [0.29, 0.717) is 34.0 Å². The third-order valence-corrected chi connectivity index (χ3v) is 7.59. The summed E-state index contributed by atoms with van der Waals surface area (Å²) in [4.78, 5) is 46.4. The number of aromatic nitrogens is 2. The summed E-state index contributed by atoms with van der Waals surface area (Å²) in [6, 6.07) is 9.75. The molecule has 196 valence electrons. The van der Waals surface area contributed by atoms with Crippen LogP contribution >= 0.6 is 11.3 Å². The van der Waals surface area contributed by atoms with Crippen molar-refractivity contribution >= 4 is 38.9 Å². The number of aliphatic hydroxyl groups excluding tert-OH is 1. The predicted octanol–water partition coefficient (Wildman–Crippen LogP) is 1.67. The van der Waals surface area contributed by atoms with E-state index >= 15 is 0 Å². The Morgan fingerprint density at radius 1 is 1.24 bits per heavy atom. The number of carbonyl (C=O) groups excluding carboxylic acids is 1. The van der Waals surface area contributed by atoms with E-state index in [4.69, 9.17) is 10.2 Å². The molecule has 0 spiro atoms. The first-order chi connectivity index (χ1) is 17.6. The zero-order chi connectivity index (χ0) is 26.9. The monoisotopic (exact) mass is 526 g/mol. The van der Waals surface area contributed by atoms with E-state index in [2.05, 4.69) is 0 Å². The molecule has 0 saturated carbocycles. The SMILES string of the molecule is CCCn1c(=O)n(C)c(=O)c2c(C(=O)N3C[C@H](O)CO3)c(C/C(C(C)=N)=C(\C)[NH2+]c3ccccc3)sc21. The average Bonchev–Trinajstić information content (AvgIpc) is 3.47. The second kappa shape index (κ2) is 10.9. The first-order valence-electron chi connectivity index (χ1n) is 12.2. The van der Waals surface area contributed by atoms with E-state index < -0.39 is 23.3 Å². The van der Waals surface area contributed by atoms with Crippen molar-refractivity contribution in [2.75, 3.05) is 13.2 Å². The average molecular weight is 527 g/mol. The van der Waals surface area contributed by atoms with Crippen LogP contribution in [0.2, 0.25) is 0 Å². The minimum Gasteiger partial charge on any atom is -0.389 e. The summed E-state index contributed by atoms with van der Waals surface area (Å²) in [6.07, 6.45) is 0.0756. The first-order valence-corrected chi connectivity index (χ1v) is 13.0. The van der Waals surface area contributed by atoms with Crippen molar-refractivity contribution in [1.82, 2.24) is 14.2 Å². The van der Waals surface area contributed by atoms with Gasteiger partial charge in [0.2, 0.25) is 0 Å². The second-order valence-electron chi connectivity index (χ2n) is 9.21. The molecule has 0 unspecified atom stereocenters. The second-order valence-corrected chi connectivity index (χ2v) is 10.3. The van der Waals surface area contributed by atoms with E-state index in [1.54, 1.807) is 6.92 Å². The lowest BCUT2D eigenvalue weighted by Crippen LogP contribution is -2.75. The number of benzene rings is 1. The Morgan fingerprint density at radius 3 is 2.54 bits per heavy atom. The molecule has 37 heavy (non-hydrogen) atoms. The number of hydrogen-bond acceptors (Lipinski definition) is 7. The smallest absolute Gasteiger partial charge is 0.331 e. The number of nitrogens with zero attached hydrogens (tertiary/aromatic N) is 3. The van der Waals surface area contributed by atoms with Crippen LogP contribution in [0.5, 0.6) is 0 Å². The largest absolute Gasteiger partial charge is 0.389 e. The normalized spacial score (nSPS) is 16.4. The number of fused-ring (bicyclic) bond motifs is 1. The number of allylic oxidation sites excluding steroid dienone is 2. The maximum absolute atomic E-state index is 13.7. The molecule has 11 heteroatoms. The Kier molecular flexibility index (Phi) is 7.88. The fourth-order valence-electron chi connectivity index (χ4n) is 4.50. The maximum Gasteiger partial charge on any atom is 0.331 e. The lowest BCUT2D eigenvalue weighted by molar-refractivity contribution is -0.518. The Labute approximate surface area is 217 Å². The van der Waals surface area contributed by atoms with Crippen LogP contribution < -0.4 is 16.6 Å². The van der Waals surface area contributed by atoms with E-state index in [-0.39, 0.29) is 30.5 Å². The molecular weight excluding hydrogens is 494 g/mol. The maximum atomic E-state index is 13.7. The molecule has 4 N–H and O–H groups in total. The molecule has 0 bridgehead atoms. The lowest BCUT2D eigenvalue weighted by Gasteiger charge is -2.15. The molecule has 3 aromatic rings. The summed E-state index contributed by atoms with van der Waals surface area (Å²) >= 11 is 1.22. The van der Waals surface area contributed by atoms with Gasteiger partial charge in [-0.25, -0.2) is 9.86 Å². The number of β-amino-alcohol motifs (C(OH)–C–C–N with tert-alkyl or cyclic N) is 1. The van der Waals surface area contributed by atoms with Crippen LogP contribution in [0.4, 0.5) is 5.69 Å². The number of thiophene rings is 1. The molecule has 0 aliphatic carbocycles. The van der Waals surface area contributed by atoms with Gasteiger partial charge in [0.1, 0.15) is 28.9 Å². The summed E-state index contributed by atoms with van der Waals surface area (Å²) in [7, 11) is 1.41. The highest BCUT2D eigenvalue weighted by atomic mass is 32.1. The summed E-state index contributed by atoms with van der Waals surface area (Å²) in [6.45, 7) is 5.91. The molecule has 2 aromatic heterocycles. The van der Waals surface area contributed by atoms with Gasteiger partial charge in [-0.1, -0.05) is 25.1 Å². The highest BCUT2D eigenvalue weighted by Crippen LogP contribution is 2.33. The molecule has 1 amide bonds. The number of hydrogen-bond donors (Lipinski definition) is 3. The van der Waals surface area contributed by atoms with Crippen LogP contribution in [0.15, 0.2) is 51.2 Å². The number of quaternary nitrogens is 1. The van der Waals surface area contributed by atoms with E-state index in [1.165, 1.54) is 23.0 Å². The first kappa shape index (κ1) is 26.7. The van der Waals surface area contributed by atoms with Crippen LogP contribution in [0.3, 0.4) is 0 Å². The molecule has 1 atom stereocenters. The minimum absolute atomic E-state index is 0.0162. The van der Waals surface area contributed by atoms with Crippen LogP contribution in [0, 0.1) is 5.41 Å². The molecule has 1 aliphatic heterocycles. The zero-order valence-electron chi connectivity index (χ0n) is 21.4. The van der Waals surface area contributed by atoms with Crippen molar-refractivity contribution in [3.63, 3.8) is 0 Å². The molecular formula is C26H32N5O5S+. The van der Waals surface area contributed by atoms with Crippen molar-refractivity contribution in [2.45, 2.75) is 46.3 Å². The molecule has 1 aromatic carbocycles. The number of aliphatic hydroxyl groups is 1. The number of carbonyl (C=O) groups is 1. The van der Waals surface area contributed by atoms with Crippen molar-refractivity contribution < 1.29 is 20.1 Å². The van der Waals surface area contributed by atoms with Gasteiger partial charge in [0, 0.05) is 43.1 Å². The summed E-state index contributed by atoms with van der Waals surface area (Å²) < 4.78 is 2.56. The van der Waals surface area contributed by atoms with Crippen LogP contribution in [0.1, 0.15) is 42.4 Å². The van der Waals surface area contributed by atoms with Gasteiger partial charge in [-0.3, -0.25) is 28.9 Å².